The molecule has 2 nitrogen and oxygen atoms in total. The molecule has 0 aromatic carbocycles. The minimum absolute atomic E-state index is 0.773. The average molecular weight is 220 g/mol. The molecule has 0 spiro atoms. The van der Waals surface area contributed by atoms with E-state index in [4.69, 9.17) is 0 Å². The van der Waals surface area contributed by atoms with Gasteiger partial charge < -0.3 is 4.90 Å². The largest absolute Gasteiger partial charge is 0.374 e. The lowest BCUT2D eigenvalue weighted by molar-refractivity contribution is 0.207. The van der Waals surface area contributed by atoms with Crippen LogP contribution in [-0.4, -0.2) is 42.0 Å². The molecule has 0 aromatic heterocycles. The molecule has 2 fully saturated rings. The van der Waals surface area contributed by atoms with Gasteiger partial charge in [0.1, 0.15) is 0 Å². The molecule has 2 heterocycles. The first-order chi connectivity index (χ1) is 7.95. The second-order valence-corrected chi connectivity index (χ2v) is 5.51. The summed E-state index contributed by atoms with van der Waals surface area (Å²) in [6.45, 7) is 5.32. The monoisotopic (exact) mass is 220 g/mol. The van der Waals surface area contributed by atoms with Crippen LogP contribution in [0, 0.1) is 0 Å². The van der Waals surface area contributed by atoms with Crippen molar-refractivity contribution >= 4 is 0 Å². The molecule has 0 bridgehead atoms. The number of likely N-dealkylation sites (tertiary alicyclic amines) is 2. The van der Waals surface area contributed by atoms with E-state index in [0.29, 0.717) is 0 Å². The van der Waals surface area contributed by atoms with Crippen molar-refractivity contribution in [2.45, 2.75) is 51.0 Å². The van der Waals surface area contributed by atoms with Crippen molar-refractivity contribution in [3.8, 4) is 0 Å². The lowest BCUT2D eigenvalue weighted by atomic mass is 9.97. The van der Waals surface area contributed by atoms with Gasteiger partial charge in [0.2, 0.25) is 0 Å². The summed E-state index contributed by atoms with van der Waals surface area (Å²) >= 11 is 0. The summed E-state index contributed by atoms with van der Waals surface area (Å²) in [5.41, 5.74) is 1.69. The van der Waals surface area contributed by atoms with E-state index in [0.717, 1.165) is 6.04 Å². The normalized spacial score (nSPS) is 32.1. The van der Waals surface area contributed by atoms with Crippen molar-refractivity contribution in [3.63, 3.8) is 0 Å². The molecule has 1 atom stereocenters. The highest BCUT2D eigenvalue weighted by Gasteiger charge is 2.30. The zero-order valence-corrected chi connectivity index (χ0v) is 10.3. The van der Waals surface area contributed by atoms with Gasteiger partial charge in [0.25, 0.3) is 0 Å². The van der Waals surface area contributed by atoms with Gasteiger partial charge in [-0.15, -0.1) is 0 Å². The molecule has 2 aliphatic heterocycles. The summed E-state index contributed by atoms with van der Waals surface area (Å²) < 4.78 is 0. The van der Waals surface area contributed by atoms with E-state index in [9.17, 15) is 0 Å². The Hall–Kier alpha value is -0.500. The molecular weight excluding hydrogens is 196 g/mol. The second kappa shape index (κ2) is 4.79. The minimum atomic E-state index is 0.773. The molecule has 3 rings (SSSR count). The van der Waals surface area contributed by atoms with Gasteiger partial charge in [0.05, 0.1) is 0 Å². The van der Waals surface area contributed by atoms with E-state index < -0.39 is 0 Å². The lowest BCUT2D eigenvalue weighted by Crippen LogP contribution is -2.41. The van der Waals surface area contributed by atoms with Gasteiger partial charge in [0, 0.05) is 24.8 Å². The predicted molar refractivity (Wildman–Crippen MR) is 67.3 cm³/mol. The van der Waals surface area contributed by atoms with Gasteiger partial charge >= 0.3 is 0 Å². The first kappa shape index (κ1) is 10.6. The summed E-state index contributed by atoms with van der Waals surface area (Å²) in [7, 11) is 0. The van der Waals surface area contributed by atoms with Gasteiger partial charge in [-0.2, -0.15) is 0 Å². The molecule has 1 unspecified atom stereocenters. The van der Waals surface area contributed by atoms with Gasteiger partial charge in [-0.25, -0.2) is 0 Å². The van der Waals surface area contributed by atoms with E-state index >= 15 is 0 Å². The Bertz CT molecular complexity index is 260. The van der Waals surface area contributed by atoms with Gasteiger partial charge in [-0.1, -0.05) is 6.08 Å². The van der Waals surface area contributed by atoms with Crippen LogP contribution in [-0.2, 0) is 0 Å². The first-order valence-corrected chi connectivity index (χ1v) is 7.14. The van der Waals surface area contributed by atoms with Crippen molar-refractivity contribution in [2.75, 3.05) is 26.2 Å². The number of nitrogens with zero attached hydrogens (tertiary/aromatic N) is 2. The fourth-order valence-corrected chi connectivity index (χ4v) is 3.58. The molecule has 1 aliphatic carbocycles. The Labute approximate surface area is 99.3 Å². The second-order valence-electron chi connectivity index (χ2n) is 5.51. The van der Waals surface area contributed by atoms with Crippen LogP contribution in [0.2, 0.25) is 0 Å². The van der Waals surface area contributed by atoms with Crippen LogP contribution < -0.4 is 0 Å². The van der Waals surface area contributed by atoms with Crippen LogP contribution in [0.1, 0.15) is 44.9 Å². The Morgan fingerprint density at radius 3 is 2.31 bits per heavy atom. The van der Waals surface area contributed by atoms with Crippen molar-refractivity contribution < 1.29 is 0 Å². The third-order valence-corrected chi connectivity index (χ3v) is 4.43. The molecule has 0 N–H and O–H groups in total. The van der Waals surface area contributed by atoms with E-state index in [-0.39, 0.29) is 0 Å². The van der Waals surface area contributed by atoms with Crippen LogP contribution in [0.4, 0.5) is 0 Å². The van der Waals surface area contributed by atoms with E-state index in [2.05, 4.69) is 15.9 Å². The fourth-order valence-electron chi connectivity index (χ4n) is 3.58. The Morgan fingerprint density at radius 2 is 1.56 bits per heavy atom. The summed E-state index contributed by atoms with van der Waals surface area (Å²) in [5, 5.41) is 0. The molecule has 0 radical (unpaired) electrons. The van der Waals surface area contributed by atoms with Crippen molar-refractivity contribution in [2.24, 2.45) is 0 Å². The standard InChI is InChI=1S/C14H24N2/c1-2-8-14(16-11-5-6-12-16)13(7-1)15-9-3-4-10-15/h7,14H,1-6,8-12H2. The molecule has 2 saturated heterocycles. The predicted octanol–water partition coefficient (Wildman–Crippen LogP) is 2.61. The number of hydrogen-bond donors (Lipinski definition) is 0. The maximum atomic E-state index is 2.74. The highest BCUT2D eigenvalue weighted by Crippen LogP contribution is 2.30. The molecule has 90 valence electrons. The summed E-state index contributed by atoms with van der Waals surface area (Å²) in [4.78, 5) is 5.41. The SMILES string of the molecule is C1=C(N2CCCC2)C(N2CCCC2)CCC1. The minimum Gasteiger partial charge on any atom is -0.374 e. The molecule has 3 aliphatic rings. The van der Waals surface area contributed by atoms with E-state index in [1.165, 1.54) is 71.1 Å². The fraction of sp³-hybridized carbons (Fsp3) is 0.857. The van der Waals surface area contributed by atoms with Crippen LogP contribution in [0.3, 0.4) is 0 Å². The van der Waals surface area contributed by atoms with Crippen molar-refractivity contribution in [1.82, 2.24) is 9.80 Å². The molecule has 16 heavy (non-hydrogen) atoms. The molecule has 0 aromatic rings. The van der Waals surface area contributed by atoms with Gasteiger partial charge in [0.15, 0.2) is 0 Å². The third-order valence-electron chi connectivity index (χ3n) is 4.43. The topological polar surface area (TPSA) is 6.48 Å². The maximum absolute atomic E-state index is 2.74. The summed E-state index contributed by atoms with van der Waals surface area (Å²) in [5.74, 6) is 0. The maximum Gasteiger partial charge on any atom is 0.0493 e. The lowest BCUT2D eigenvalue weighted by Gasteiger charge is -2.37. The number of allylic oxidation sites excluding steroid dienone is 1. The summed E-state index contributed by atoms with van der Waals surface area (Å²) in [6, 6.07) is 0.773. The number of rotatable bonds is 2. The zero-order chi connectivity index (χ0) is 10.8. The molecule has 0 amide bonds. The smallest absolute Gasteiger partial charge is 0.0493 e. The molecular formula is C14H24N2. The molecule has 0 saturated carbocycles. The highest BCUT2D eigenvalue weighted by atomic mass is 15.2. The molecule has 2 heteroatoms. The highest BCUT2D eigenvalue weighted by molar-refractivity contribution is 5.15. The van der Waals surface area contributed by atoms with Crippen LogP contribution in [0.15, 0.2) is 11.8 Å². The summed E-state index contributed by atoms with van der Waals surface area (Å²) in [6.07, 6.45) is 12.3. The van der Waals surface area contributed by atoms with Crippen molar-refractivity contribution in [1.29, 1.82) is 0 Å². The Kier molecular flexibility index (Phi) is 3.18. The van der Waals surface area contributed by atoms with Crippen molar-refractivity contribution in [3.05, 3.63) is 11.8 Å². The van der Waals surface area contributed by atoms with Gasteiger partial charge in [-0.05, 0) is 58.0 Å². The average Bonchev–Trinajstić information content (AvgIpc) is 3.03. The van der Waals surface area contributed by atoms with E-state index in [1.54, 1.807) is 5.70 Å². The Balaban J connectivity index is 1.73. The van der Waals surface area contributed by atoms with Crippen LogP contribution in [0.5, 0.6) is 0 Å². The van der Waals surface area contributed by atoms with Crippen LogP contribution >= 0.6 is 0 Å². The third kappa shape index (κ3) is 2.00. The van der Waals surface area contributed by atoms with Crippen LogP contribution in [0.25, 0.3) is 0 Å². The quantitative estimate of drug-likeness (QED) is 0.706. The van der Waals surface area contributed by atoms with E-state index in [1.807, 2.05) is 0 Å². The first-order valence-electron chi connectivity index (χ1n) is 7.14. The zero-order valence-electron chi connectivity index (χ0n) is 10.3. The Morgan fingerprint density at radius 1 is 0.875 bits per heavy atom. The van der Waals surface area contributed by atoms with Gasteiger partial charge in [-0.3, -0.25) is 4.90 Å². The number of hydrogen-bond acceptors (Lipinski definition) is 2.